The highest BCUT2D eigenvalue weighted by Crippen LogP contribution is 2.33. The monoisotopic (exact) mass is 380 g/mol. The van der Waals surface area contributed by atoms with Crippen molar-refractivity contribution in [2.75, 3.05) is 19.6 Å². The summed E-state index contributed by atoms with van der Waals surface area (Å²) in [6.07, 6.45) is 9.49. The molecule has 152 valence electrons. The van der Waals surface area contributed by atoms with E-state index < -0.39 is 5.97 Å². The number of amides is 3. The number of nitrogens with one attached hydrogen (secondary N) is 3. The third-order valence-electron chi connectivity index (χ3n) is 5.87. The maximum absolute atomic E-state index is 12.0. The minimum absolute atomic E-state index is 0.0271. The Hall–Kier alpha value is -1.83. The zero-order valence-electron chi connectivity index (χ0n) is 15.9. The Labute approximate surface area is 160 Å². The Balaban J connectivity index is 1.29. The first-order valence-corrected chi connectivity index (χ1v) is 10.3. The number of urea groups is 1. The van der Waals surface area contributed by atoms with Crippen LogP contribution in [0.15, 0.2) is 0 Å². The SMILES string of the molecule is O=C(O)CN(CC1CC1)C1CC(NC(=O)CNC(=O)NC2CCCCC2)C1. The number of carboxylic acids is 1. The number of nitrogens with zero attached hydrogens (tertiary/aromatic N) is 1. The lowest BCUT2D eigenvalue weighted by atomic mass is 9.85. The number of carbonyl (C=O) groups excluding carboxylic acids is 2. The van der Waals surface area contributed by atoms with Crippen molar-refractivity contribution in [3.8, 4) is 0 Å². The molecular weight excluding hydrogens is 348 g/mol. The van der Waals surface area contributed by atoms with Gasteiger partial charge < -0.3 is 21.1 Å². The zero-order valence-corrected chi connectivity index (χ0v) is 15.9. The summed E-state index contributed by atoms with van der Waals surface area (Å²) in [5.74, 6) is -0.342. The molecule has 8 nitrogen and oxygen atoms in total. The van der Waals surface area contributed by atoms with Gasteiger partial charge >= 0.3 is 12.0 Å². The summed E-state index contributed by atoms with van der Waals surface area (Å²) in [5, 5.41) is 17.6. The topological polar surface area (TPSA) is 111 Å². The molecule has 0 aromatic rings. The highest BCUT2D eigenvalue weighted by Gasteiger charge is 2.37. The molecule has 3 saturated carbocycles. The van der Waals surface area contributed by atoms with E-state index in [-0.39, 0.29) is 43.2 Å². The van der Waals surface area contributed by atoms with Crippen molar-refractivity contribution < 1.29 is 19.5 Å². The van der Waals surface area contributed by atoms with Gasteiger partial charge in [0.25, 0.3) is 0 Å². The molecule has 0 saturated heterocycles. The summed E-state index contributed by atoms with van der Waals surface area (Å²) in [6, 6.07) is 0.247. The fraction of sp³-hybridized carbons (Fsp3) is 0.842. The quantitative estimate of drug-likeness (QED) is 0.478. The molecule has 27 heavy (non-hydrogen) atoms. The van der Waals surface area contributed by atoms with Gasteiger partial charge in [-0.1, -0.05) is 19.3 Å². The van der Waals surface area contributed by atoms with Crippen molar-refractivity contribution in [3.05, 3.63) is 0 Å². The summed E-state index contributed by atoms with van der Waals surface area (Å²) in [5.41, 5.74) is 0. The van der Waals surface area contributed by atoms with Crippen molar-refractivity contribution in [2.24, 2.45) is 5.92 Å². The predicted octanol–water partition coefficient (Wildman–Crippen LogP) is 1.06. The molecule has 3 aliphatic rings. The number of carboxylic acid groups (broad SMARTS) is 1. The van der Waals surface area contributed by atoms with E-state index in [1.807, 2.05) is 4.90 Å². The van der Waals surface area contributed by atoms with E-state index in [0.29, 0.717) is 5.92 Å². The van der Waals surface area contributed by atoms with Crippen LogP contribution in [0.1, 0.15) is 57.8 Å². The number of carbonyl (C=O) groups is 3. The minimum atomic E-state index is -0.795. The molecule has 0 spiro atoms. The summed E-state index contributed by atoms with van der Waals surface area (Å²) < 4.78 is 0. The van der Waals surface area contributed by atoms with Crippen LogP contribution in [0.4, 0.5) is 4.79 Å². The van der Waals surface area contributed by atoms with Crippen LogP contribution in [0.2, 0.25) is 0 Å². The van der Waals surface area contributed by atoms with Crippen molar-refractivity contribution >= 4 is 17.9 Å². The molecule has 0 aliphatic heterocycles. The minimum Gasteiger partial charge on any atom is -0.480 e. The van der Waals surface area contributed by atoms with Gasteiger partial charge in [0.1, 0.15) is 0 Å². The summed E-state index contributed by atoms with van der Waals surface area (Å²) in [6.45, 7) is 0.895. The van der Waals surface area contributed by atoms with E-state index in [4.69, 9.17) is 5.11 Å². The van der Waals surface area contributed by atoms with Crippen LogP contribution in [0.5, 0.6) is 0 Å². The predicted molar refractivity (Wildman–Crippen MR) is 100 cm³/mol. The molecular formula is C19H32N4O4. The average molecular weight is 380 g/mol. The van der Waals surface area contributed by atoms with Crippen molar-refractivity contribution in [3.63, 3.8) is 0 Å². The largest absolute Gasteiger partial charge is 0.480 e. The average Bonchev–Trinajstić information content (AvgIpc) is 3.40. The van der Waals surface area contributed by atoms with Gasteiger partial charge in [0, 0.05) is 24.7 Å². The molecule has 8 heteroatoms. The number of rotatable bonds is 9. The van der Waals surface area contributed by atoms with Gasteiger partial charge in [0.15, 0.2) is 0 Å². The maximum Gasteiger partial charge on any atom is 0.317 e. The Morgan fingerprint density at radius 3 is 2.26 bits per heavy atom. The number of aliphatic carboxylic acids is 1. The first-order chi connectivity index (χ1) is 13.0. The fourth-order valence-electron chi connectivity index (χ4n) is 4.07. The molecule has 3 aliphatic carbocycles. The standard InChI is InChI=1S/C19H32N4O4/c24-17(10-20-19(27)22-14-4-2-1-3-5-14)21-15-8-16(9-15)23(12-18(25)26)11-13-6-7-13/h13-16H,1-12H2,(H,21,24)(H,25,26)(H2,20,22,27). The molecule has 3 amide bonds. The fourth-order valence-corrected chi connectivity index (χ4v) is 4.07. The van der Waals surface area contributed by atoms with Gasteiger partial charge in [0.2, 0.25) is 5.91 Å². The number of hydrogen-bond acceptors (Lipinski definition) is 4. The Bertz CT molecular complexity index is 540. The second kappa shape index (κ2) is 9.39. The van der Waals surface area contributed by atoms with Crippen LogP contribution < -0.4 is 16.0 Å². The van der Waals surface area contributed by atoms with Crippen LogP contribution in [0.25, 0.3) is 0 Å². The van der Waals surface area contributed by atoms with Crippen LogP contribution in [0, 0.1) is 5.92 Å². The maximum atomic E-state index is 12.0. The molecule has 0 aromatic carbocycles. The lowest BCUT2D eigenvalue weighted by Crippen LogP contribution is -2.56. The summed E-state index contributed by atoms with van der Waals surface area (Å²) in [4.78, 5) is 37.0. The van der Waals surface area contributed by atoms with Gasteiger partial charge in [-0.2, -0.15) is 0 Å². The zero-order chi connectivity index (χ0) is 19.2. The van der Waals surface area contributed by atoms with Crippen LogP contribution in [-0.2, 0) is 9.59 Å². The number of hydrogen-bond donors (Lipinski definition) is 4. The van der Waals surface area contributed by atoms with Gasteiger partial charge in [-0.3, -0.25) is 14.5 Å². The molecule has 3 rings (SSSR count). The lowest BCUT2D eigenvalue weighted by molar-refractivity contribution is -0.140. The van der Waals surface area contributed by atoms with Gasteiger partial charge in [-0.05, 0) is 44.4 Å². The molecule has 0 heterocycles. The Morgan fingerprint density at radius 2 is 1.63 bits per heavy atom. The van der Waals surface area contributed by atoms with Crippen LogP contribution in [-0.4, -0.2) is 65.7 Å². The molecule has 0 atom stereocenters. The van der Waals surface area contributed by atoms with Crippen molar-refractivity contribution in [1.29, 1.82) is 0 Å². The highest BCUT2D eigenvalue weighted by molar-refractivity contribution is 5.84. The van der Waals surface area contributed by atoms with Crippen LogP contribution in [0.3, 0.4) is 0 Å². The van der Waals surface area contributed by atoms with Gasteiger partial charge in [0.05, 0.1) is 13.1 Å². The van der Waals surface area contributed by atoms with Gasteiger partial charge in [-0.25, -0.2) is 4.79 Å². The van der Waals surface area contributed by atoms with E-state index in [2.05, 4.69) is 16.0 Å². The van der Waals surface area contributed by atoms with E-state index in [9.17, 15) is 14.4 Å². The van der Waals surface area contributed by atoms with E-state index in [1.54, 1.807) is 0 Å². The molecule has 4 N–H and O–H groups in total. The third-order valence-corrected chi connectivity index (χ3v) is 5.87. The first-order valence-electron chi connectivity index (χ1n) is 10.3. The van der Waals surface area contributed by atoms with E-state index in [1.165, 1.54) is 19.3 Å². The normalized spacial score (nSPS) is 25.5. The molecule has 0 aromatic heterocycles. The second-order valence-electron chi connectivity index (χ2n) is 8.32. The van der Waals surface area contributed by atoms with E-state index in [0.717, 1.165) is 45.1 Å². The van der Waals surface area contributed by atoms with Crippen molar-refractivity contribution in [1.82, 2.24) is 20.9 Å². The summed E-state index contributed by atoms with van der Waals surface area (Å²) >= 11 is 0. The lowest BCUT2D eigenvalue weighted by Gasteiger charge is -2.42. The highest BCUT2D eigenvalue weighted by atomic mass is 16.4. The molecule has 0 radical (unpaired) electrons. The van der Waals surface area contributed by atoms with Crippen LogP contribution >= 0.6 is 0 Å². The molecule has 3 fully saturated rings. The first kappa shape index (κ1) is 19.9. The third kappa shape index (κ3) is 6.68. The van der Waals surface area contributed by atoms with Crippen molar-refractivity contribution in [2.45, 2.75) is 75.9 Å². The molecule has 0 bridgehead atoms. The Kier molecular flexibility index (Phi) is 6.93. The Morgan fingerprint density at radius 1 is 0.926 bits per heavy atom. The molecule has 0 unspecified atom stereocenters. The summed E-state index contributed by atoms with van der Waals surface area (Å²) in [7, 11) is 0. The second-order valence-corrected chi connectivity index (χ2v) is 8.32. The smallest absolute Gasteiger partial charge is 0.317 e. The van der Waals surface area contributed by atoms with E-state index >= 15 is 0 Å². The van der Waals surface area contributed by atoms with Gasteiger partial charge in [-0.15, -0.1) is 0 Å².